The molecule has 0 aliphatic carbocycles. The minimum atomic E-state index is 0.618. The van der Waals surface area contributed by atoms with Gasteiger partial charge in [0.15, 0.2) is 17.5 Å². The molecular weight excluding hydrogens is 657 g/mol. The average molecular weight is 689 g/mol. The van der Waals surface area contributed by atoms with Crippen molar-refractivity contribution in [2.24, 2.45) is 0 Å². The predicted octanol–water partition coefficient (Wildman–Crippen LogP) is 12.7. The van der Waals surface area contributed by atoms with Crippen LogP contribution < -0.4 is 0 Å². The van der Waals surface area contributed by atoms with E-state index in [-0.39, 0.29) is 0 Å². The van der Waals surface area contributed by atoms with E-state index in [0.717, 1.165) is 49.8 Å². The van der Waals surface area contributed by atoms with Gasteiger partial charge in [-0.1, -0.05) is 164 Å². The third-order valence-electron chi connectivity index (χ3n) is 10.2. The Morgan fingerprint density at radius 3 is 1.30 bits per heavy atom. The lowest BCUT2D eigenvalue weighted by Crippen LogP contribution is -2.00. The Balaban J connectivity index is 1.11. The van der Waals surface area contributed by atoms with Gasteiger partial charge in [-0.2, -0.15) is 0 Å². The highest BCUT2D eigenvalue weighted by atomic mass is 15.0. The van der Waals surface area contributed by atoms with Gasteiger partial charge in [0.1, 0.15) is 0 Å². The van der Waals surface area contributed by atoms with Crippen molar-refractivity contribution in [2.75, 3.05) is 0 Å². The van der Waals surface area contributed by atoms with Gasteiger partial charge in [-0.05, 0) is 79.2 Å². The largest absolute Gasteiger partial charge is 0.256 e. The molecule has 0 N–H and O–H groups in total. The quantitative estimate of drug-likeness (QED) is 0.174. The van der Waals surface area contributed by atoms with E-state index in [1.165, 1.54) is 32.7 Å². The number of benzene rings is 8. The molecule has 0 aliphatic rings. The number of pyridine rings is 1. The van der Waals surface area contributed by atoms with Crippen molar-refractivity contribution >= 4 is 32.4 Å². The number of rotatable bonds is 6. The van der Waals surface area contributed by atoms with E-state index in [0.29, 0.717) is 17.5 Å². The van der Waals surface area contributed by atoms with Crippen molar-refractivity contribution in [3.8, 4) is 67.5 Å². The summed E-state index contributed by atoms with van der Waals surface area (Å²) in [5, 5.41) is 5.96. The van der Waals surface area contributed by atoms with Crippen LogP contribution in [-0.2, 0) is 0 Å². The van der Waals surface area contributed by atoms with E-state index < -0.39 is 0 Å². The number of nitrogens with zero attached hydrogens (tertiary/aromatic N) is 4. The highest BCUT2D eigenvalue weighted by Gasteiger charge is 2.15. The molecule has 0 radical (unpaired) electrons. The summed E-state index contributed by atoms with van der Waals surface area (Å²) < 4.78 is 0. The molecule has 4 heteroatoms. The molecule has 10 rings (SSSR count). The maximum atomic E-state index is 5.16. The number of aromatic nitrogens is 4. The summed E-state index contributed by atoms with van der Waals surface area (Å²) in [6, 6.07) is 65.8. The molecule has 0 amide bonds. The summed E-state index contributed by atoms with van der Waals surface area (Å²) in [6.45, 7) is 0. The Morgan fingerprint density at radius 1 is 0.278 bits per heavy atom. The SMILES string of the molecule is c1cc(-c2nc(-c3ccc(-c4cccc5ncccc45)cc3)nc(-c3cccc(-c4cccc5ccccc45)c3)n2)cc(-c2cccc3ccccc23)c1. The second-order valence-electron chi connectivity index (χ2n) is 13.5. The molecule has 0 fully saturated rings. The summed E-state index contributed by atoms with van der Waals surface area (Å²) in [7, 11) is 0. The van der Waals surface area contributed by atoms with Gasteiger partial charge in [-0.15, -0.1) is 0 Å². The normalized spacial score (nSPS) is 11.3. The Bertz CT molecular complexity index is 2850. The Hall–Kier alpha value is -7.30. The predicted molar refractivity (Wildman–Crippen MR) is 223 cm³/mol. The molecule has 252 valence electrons. The van der Waals surface area contributed by atoms with Gasteiger partial charge < -0.3 is 0 Å². The first-order valence-electron chi connectivity index (χ1n) is 18.1. The molecule has 0 spiro atoms. The van der Waals surface area contributed by atoms with E-state index >= 15 is 0 Å². The minimum Gasteiger partial charge on any atom is -0.256 e. The van der Waals surface area contributed by atoms with E-state index in [1.807, 2.05) is 18.3 Å². The van der Waals surface area contributed by atoms with E-state index in [2.05, 4.69) is 181 Å². The van der Waals surface area contributed by atoms with Crippen LogP contribution in [0, 0.1) is 0 Å². The molecule has 0 bridgehead atoms. The van der Waals surface area contributed by atoms with Gasteiger partial charge in [0.2, 0.25) is 0 Å². The zero-order valence-corrected chi connectivity index (χ0v) is 29.3. The molecule has 0 saturated carbocycles. The molecule has 0 unspecified atom stereocenters. The summed E-state index contributed by atoms with van der Waals surface area (Å²) in [4.78, 5) is 20.0. The van der Waals surface area contributed by atoms with Gasteiger partial charge in [0.05, 0.1) is 5.52 Å². The van der Waals surface area contributed by atoms with Gasteiger partial charge in [-0.3, -0.25) is 4.98 Å². The summed E-state index contributed by atoms with van der Waals surface area (Å²) >= 11 is 0. The number of fused-ring (bicyclic) bond motifs is 3. The Labute approximate surface area is 313 Å². The first-order chi connectivity index (χ1) is 26.7. The molecule has 2 aromatic heterocycles. The smallest absolute Gasteiger partial charge is 0.164 e. The monoisotopic (exact) mass is 688 g/mol. The summed E-state index contributed by atoms with van der Waals surface area (Å²) in [5.41, 5.74) is 10.6. The van der Waals surface area contributed by atoms with Crippen molar-refractivity contribution in [2.45, 2.75) is 0 Å². The maximum absolute atomic E-state index is 5.16. The van der Waals surface area contributed by atoms with Crippen LogP contribution >= 0.6 is 0 Å². The zero-order valence-electron chi connectivity index (χ0n) is 29.3. The third kappa shape index (κ3) is 5.76. The Morgan fingerprint density at radius 2 is 0.704 bits per heavy atom. The van der Waals surface area contributed by atoms with Gasteiger partial charge in [0, 0.05) is 28.3 Å². The summed E-state index contributed by atoms with van der Waals surface area (Å²) in [5.74, 6) is 1.86. The van der Waals surface area contributed by atoms with Crippen molar-refractivity contribution in [1.82, 2.24) is 19.9 Å². The first kappa shape index (κ1) is 31.4. The van der Waals surface area contributed by atoms with E-state index in [4.69, 9.17) is 15.0 Å². The highest BCUT2D eigenvalue weighted by Crippen LogP contribution is 2.35. The first-order valence-corrected chi connectivity index (χ1v) is 18.1. The standard InChI is InChI=1S/C50H32N4/c1-3-19-41-33(11-1)13-7-21-44(41)37-15-5-17-39(31-37)49-52-48(36-28-26-35(27-29-36)43-23-9-25-47-46(43)24-10-30-51-47)53-50(54-49)40-18-6-16-38(32-40)45-22-8-14-34-12-2-4-20-42(34)45/h1-32H. The second-order valence-corrected chi connectivity index (χ2v) is 13.5. The third-order valence-corrected chi connectivity index (χ3v) is 10.2. The van der Waals surface area contributed by atoms with Crippen LogP contribution in [0.2, 0.25) is 0 Å². The minimum absolute atomic E-state index is 0.618. The fraction of sp³-hybridized carbons (Fsp3) is 0. The molecule has 10 aromatic rings. The molecule has 8 aromatic carbocycles. The lowest BCUT2D eigenvalue weighted by atomic mass is 9.96. The second kappa shape index (κ2) is 13.4. The van der Waals surface area contributed by atoms with E-state index in [1.54, 1.807) is 0 Å². The highest BCUT2D eigenvalue weighted by molar-refractivity contribution is 5.98. The molecule has 4 nitrogen and oxygen atoms in total. The van der Waals surface area contributed by atoms with Crippen molar-refractivity contribution in [3.63, 3.8) is 0 Å². The van der Waals surface area contributed by atoms with Crippen molar-refractivity contribution in [1.29, 1.82) is 0 Å². The molecule has 0 saturated heterocycles. The molecule has 0 aliphatic heterocycles. The van der Waals surface area contributed by atoms with Crippen LogP contribution in [0.1, 0.15) is 0 Å². The van der Waals surface area contributed by atoms with Crippen LogP contribution in [0.15, 0.2) is 194 Å². The van der Waals surface area contributed by atoms with Crippen molar-refractivity contribution in [3.05, 3.63) is 194 Å². The summed E-state index contributed by atoms with van der Waals surface area (Å²) in [6.07, 6.45) is 1.83. The van der Waals surface area contributed by atoms with Crippen LogP contribution in [0.25, 0.3) is 100.0 Å². The number of hydrogen-bond donors (Lipinski definition) is 0. The van der Waals surface area contributed by atoms with Crippen molar-refractivity contribution < 1.29 is 0 Å². The van der Waals surface area contributed by atoms with Gasteiger partial charge >= 0.3 is 0 Å². The topological polar surface area (TPSA) is 51.6 Å². The molecule has 2 heterocycles. The Kier molecular flexibility index (Phi) is 7.77. The van der Waals surface area contributed by atoms with Crippen LogP contribution in [-0.4, -0.2) is 19.9 Å². The fourth-order valence-corrected chi connectivity index (χ4v) is 7.52. The zero-order chi connectivity index (χ0) is 35.8. The average Bonchev–Trinajstić information content (AvgIpc) is 3.26. The maximum Gasteiger partial charge on any atom is 0.164 e. The van der Waals surface area contributed by atoms with Crippen LogP contribution in [0.3, 0.4) is 0 Å². The lowest BCUT2D eigenvalue weighted by molar-refractivity contribution is 1.07. The van der Waals surface area contributed by atoms with E-state index in [9.17, 15) is 0 Å². The molecule has 54 heavy (non-hydrogen) atoms. The lowest BCUT2D eigenvalue weighted by Gasteiger charge is -2.12. The van der Waals surface area contributed by atoms with Gasteiger partial charge in [0.25, 0.3) is 0 Å². The molecular formula is C50H32N4. The van der Waals surface area contributed by atoms with Crippen LogP contribution in [0.5, 0.6) is 0 Å². The van der Waals surface area contributed by atoms with Crippen LogP contribution in [0.4, 0.5) is 0 Å². The fourth-order valence-electron chi connectivity index (χ4n) is 7.52. The van der Waals surface area contributed by atoms with Gasteiger partial charge in [-0.25, -0.2) is 15.0 Å². The number of hydrogen-bond acceptors (Lipinski definition) is 4. The molecule has 0 atom stereocenters.